The maximum absolute atomic E-state index is 12.1. The number of aliphatic hydroxyl groups excluding tert-OH is 1. The van der Waals surface area contributed by atoms with E-state index in [1.165, 1.54) is 77.0 Å². The van der Waals surface area contributed by atoms with E-state index in [4.69, 9.17) is 14.2 Å². The lowest BCUT2D eigenvalue weighted by Gasteiger charge is -2.15. The first-order valence-corrected chi connectivity index (χ1v) is 17.7. The van der Waals surface area contributed by atoms with Gasteiger partial charge in [0.1, 0.15) is 6.61 Å². The Morgan fingerprint density at radius 1 is 0.651 bits per heavy atom. The summed E-state index contributed by atoms with van der Waals surface area (Å²) in [5, 5.41) is 9.50. The van der Waals surface area contributed by atoms with E-state index in [-0.39, 0.29) is 25.2 Å². The number of allylic oxidation sites excluding steroid dienone is 4. The molecule has 0 aromatic carbocycles. The summed E-state index contributed by atoms with van der Waals surface area (Å²) in [6.45, 7) is 4.03. The molecule has 1 rings (SSSR count). The maximum Gasteiger partial charge on any atom is 0.306 e. The molecule has 1 fully saturated rings. The molecule has 6 heteroatoms. The summed E-state index contributed by atoms with van der Waals surface area (Å²) in [6, 6.07) is 0. The predicted molar refractivity (Wildman–Crippen MR) is 177 cm³/mol. The van der Waals surface area contributed by atoms with Gasteiger partial charge in [0, 0.05) is 12.8 Å². The highest BCUT2D eigenvalue weighted by Gasteiger charge is 2.35. The minimum absolute atomic E-state index is 0.0965. The Morgan fingerprint density at radius 2 is 1.16 bits per heavy atom. The topological polar surface area (TPSA) is 85.4 Å². The number of esters is 2. The van der Waals surface area contributed by atoms with Gasteiger partial charge in [-0.3, -0.25) is 9.59 Å². The van der Waals surface area contributed by atoms with Crippen LogP contribution >= 0.6 is 0 Å². The summed E-state index contributed by atoms with van der Waals surface area (Å²) < 4.78 is 16.2. The van der Waals surface area contributed by atoms with E-state index in [9.17, 15) is 14.7 Å². The third-order valence-corrected chi connectivity index (χ3v) is 7.84. The number of ether oxygens (including phenoxy) is 3. The average molecular weight is 605 g/mol. The number of carbonyl (C=O) groups excluding carboxylic acids is 2. The lowest BCUT2D eigenvalue weighted by Crippen LogP contribution is -2.28. The Balaban J connectivity index is 1.96. The van der Waals surface area contributed by atoms with Gasteiger partial charge in [-0.05, 0) is 51.4 Å². The predicted octanol–water partition coefficient (Wildman–Crippen LogP) is 9.49. The molecule has 1 aliphatic heterocycles. The van der Waals surface area contributed by atoms with Crippen LogP contribution in [0.4, 0.5) is 0 Å². The second-order valence-electron chi connectivity index (χ2n) is 12.0. The monoisotopic (exact) mass is 604 g/mol. The highest BCUT2D eigenvalue weighted by molar-refractivity contribution is 5.70. The van der Waals surface area contributed by atoms with E-state index in [0.29, 0.717) is 31.5 Å². The van der Waals surface area contributed by atoms with Gasteiger partial charge in [-0.2, -0.15) is 0 Å². The molecule has 3 atom stereocenters. The van der Waals surface area contributed by atoms with Crippen molar-refractivity contribution in [2.75, 3.05) is 13.2 Å². The molecule has 0 saturated carbocycles. The van der Waals surface area contributed by atoms with Gasteiger partial charge in [0.25, 0.3) is 0 Å². The Kier molecular flexibility index (Phi) is 26.2. The number of aliphatic hydroxyl groups is 1. The quantitative estimate of drug-likeness (QED) is 0.0380. The molecule has 0 bridgehead atoms. The van der Waals surface area contributed by atoms with Gasteiger partial charge in [-0.25, -0.2) is 0 Å². The molecule has 0 aliphatic carbocycles. The van der Waals surface area contributed by atoms with Gasteiger partial charge >= 0.3 is 11.9 Å². The van der Waals surface area contributed by atoms with E-state index < -0.39 is 6.10 Å². The SMILES string of the molecule is CCCCC/C=C\CC1OC1C/C=C\C/C=C\CCCC(=O)OC[C@H](CO)OC(=O)CCCCCCCCCCCCC. The molecule has 0 aromatic rings. The second kappa shape index (κ2) is 28.8. The lowest BCUT2D eigenvalue weighted by molar-refractivity contribution is -0.161. The smallest absolute Gasteiger partial charge is 0.306 e. The summed E-state index contributed by atoms with van der Waals surface area (Å²) in [6.07, 6.45) is 36.6. The number of unbranched alkanes of at least 4 members (excludes halogenated alkanes) is 14. The van der Waals surface area contributed by atoms with Crippen LogP contribution in [0.2, 0.25) is 0 Å². The molecule has 6 nitrogen and oxygen atoms in total. The van der Waals surface area contributed by atoms with Gasteiger partial charge in [-0.1, -0.05) is 127 Å². The minimum atomic E-state index is -0.792. The van der Waals surface area contributed by atoms with Crippen LogP contribution in [-0.4, -0.2) is 48.6 Å². The fourth-order valence-electron chi connectivity index (χ4n) is 5.00. The van der Waals surface area contributed by atoms with Crippen molar-refractivity contribution < 1.29 is 28.9 Å². The molecular weight excluding hydrogens is 540 g/mol. The first-order valence-electron chi connectivity index (χ1n) is 17.7. The van der Waals surface area contributed by atoms with E-state index in [1.54, 1.807) is 0 Å². The van der Waals surface area contributed by atoms with Crippen molar-refractivity contribution in [1.82, 2.24) is 0 Å². The van der Waals surface area contributed by atoms with Crippen LogP contribution in [0, 0.1) is 0 Å². The van der Waals surface area contributed by atoms with Gasteiger partial charge in [0.05, 0.1) is 18.8 Å². The highest BCUT2D eigenvalue weighted by atomic mass is 16.6. The van der Waals surface area contributed by atoms with Crippen LogP contribution in [0.3, 0.4) is 0 Å². The van der Waals surface area contributed by atoms with Gasteiger partial charge in [-0.15, -0.1) is 0 Å². The maximum atomic E-state index is 12.1. The first kappa shape index (κ1) is 39.1. The number of carbonyl (C=O) groups is 2. The number of rotatable bonds is 30. The molecule has 1 heterocycles. The van der Waals surface area contributed by atoms with E-state index >= 15 is 0 Å². The van der Waals surface area contributed by atoms with Crippen molar-refractivity contribution in [3.63, 3.8) is 0 Å². The molecule has 1 saturated heterocycles. The van der Waals surface area contributed by atoms with Crippen LogP contribution in [0.25, 0.3) is 0 Å². The normalized spacial score (nSPS) is 17.3. The summed E-state index contributed by atoms with van der Waals surface area (Å²) in [5.74, 6) is -0.664. The van der Waals surface area contributed by atoms with Crippen LogP contribution < -0.4 is 0 Å². The Labute approximate surface area is 263 Å². The van der Waals surface area contributed by atoms with E-state index in [2.05, 4.69) is 50.3 Å². The van der Waals surface area contributed by atoms with Crippen molar-refractivity contribution in [3.05, 3.63) is 36.5 Å². The molecule has 0 radical (unpaired) electrons. The zero-order valence-corrected chi connectivity index (χ0v) is 27.7. The van der Waals surface area contributed by atoms with Gasteiger partial charge in [0.2, 0.25) is 0 Å². The fourth-order valence-corrected chi connectivity index (χ4v) is 5.00. The summed E-state index contributed by atoms with van der Waals surface area (Å²) in [4.78, 5) is 24.1. The highest BCUT2D eigenvalue weighted by Crippen LogP contribution is 2.29. The Hall–Kier alpha value is -1.92. The first-order chi connectivity index (χ1) is 21.1. The lowest BCUT2D eigenvalue weighted by atomic mass is 10.1. The third-order valence-electron chi connectivity index (χ3n) is 7.84. The van der Waals surface area contributed by atoms with Crippen molar-refractivity contribution >= 4 is 11.9 Å². The zero-order valence-electron chi connectivity index (χ0n) is 27.7. The second-order valence-corrected chi connectivity index (χ2v) is 12.0. The van der Waals surface area contributed by atoms with Crippen LogP contribution in [0.5, 0.6) is 0 Å². The minimum Gasteiger partial charge on any atom is -0.462 e. The van der Waals surface area contributed by atoms with Crippen molar-refractivity contribution in [2.45, 2.75) is 173 Å². The molecule has 0 amide bonds. The van der Waals surface area contributed by atoms with Crippen molar-refractivity contribution in [2.24, 2.45) is 0 Å². The molecule has 2 unspecified atom stereocenters. The van der Waals surface area contributed by atoms with Crippen LogP contribution in [0.15, 0.2) is 36.5 Å². The third kappa shape index (κ3) is 25.1. The molecular formula is C37H64O6. The Bertz CT molecular complexity index is 758. The van der Waals surface area contributed by atoms with E-state index in [1.807, 2.05) is 0 Å². The Morgan fingerprint density at radius 3 is 1.81 bits per heavy atom. The number of epoxide rings is 1. The average Bonchev–Trinajstić information content (AvgIpc) is 3.76. The number of hydrogen-bond donors (Lipinski definition) is 1. The molecule has 0 spiro atoms. The van der Waals surface area contributed by atoms with Crippen LogP contribution in [0.1, 0.15) is 155 Å². The largest absolute Gasteiger partial charge is 0.462 e. The van der Waals surface area contributed by atoms with Gasteiger partial charge in [0.15, 0.2) is 6.10 Å². The molecule has 248 valence electrons. The summed E-state index contributed by atoms with van der Waals surface area (Å²) in [5.41, 5.74) is 0. The molecule has 1 aliphatic rings. The van der Waals surface area contributed by atoms with Gasteiger partial charge < -0.3 is 19.3 Å². The molecule has 43 heavy (non-hydrogen) atoms. The van der Waals surface area contributed by atoms with Crippen molar-refractivity contribution in [1.29, 1.82) is 0 Å². The zero-order chi connectivity index (χ0) is 31.2. The fraction of sp³-hybridized carbons (Fsp3) is 0.784. The standard InChI is InChI=1S/C37H64O6/c1-3-5-7-9-11-12-13-14-17-22-26-30-37(40)42-33(31-38)32-41-36(39)29-25-21-18-15-16-20-24-28-35-34(43-35)27-23-19-10-8-6-4-2/h15,18-20,23-24,33-35,38H,3-14,16-17,21-22,25-32H2,1-2H3/b18-15-,23-19-,24-20-/t33-,34?,35?/m0/s1. The summed E-state index contributed by atoms with van der Waals surface area (Å²) >= 11 is 0. The van der Waals surface area contributed by atoms with Crippen LogP contribution in [-0.2, 0) is 23.8 Å². The van der Waals surface area contributed by atoms with Crippen molar-refractivity contribution in [3.8, 4) is 0 Å². The number of hydrogen-bond acceptors (Lipinski definition) is 6. The molecule has 0 aromatic heterocycles. The summed E-state index contributed by atoms with van der Waals surface area (Å²) in [7, 11) is 0. The van der Waals surface area contributed by atoms with E-state index in [0.717, 1.165) is 44.9 Å². The molecule has 1 N–H and O–H groups in total.